The summed E-state index contributed by atoms with van der Waals surface area (Å²) in [5.74, 6) is -13.0. The number of phenolic OH excluding ortho intramolecular Hbond substituents is 1. The quantitative estimate of drug-likeness (QED) is 0.00520. The van der Waals surface area contributed by atoms with Crippen molar-refractivity contribution in [3.05, 3.63) is 53.4 Å². The molecule has 0 spiro atoms. The number of hydrogen-bond acceptors (Lipinski definition) is 16. The van der Waals surface area contributed by atoms with Crippen LogP contribution < -0.4 is 21.2 Å². The van der Waals surface area contributed by atoms with Crippen LogP contribution in [0.3, 0.4) is 0 Å². The van der Waals surface area contributed by atoms with Crippen LogP contribution in [0.4, 0.5) is 27.6 Å². The Morgan fingerprint density at radius 2 is 1.36 bits per heavy atom. The van der Waals surface area contributed by atoms with Crippen LogP contribution >= 0.6 is 12.2 Å². The number of thiocarbonyl (C=S) groups is 1. The maximum Gasteiger partial charge on any atom is 0.317 e. The van der Waals surface area contributed by atoms with Gasteiger partial charge in [-0.15, -0.1) is 0 Å². The van der Waals surface area contributed by atoms with Gasteiger partial charge in [-0.2, -0.15) is 13.9 Å². The number of nitrogens with zero attached hydrogens (tertiary/aromatic N) is 2. The smallest absolute Gasteiger partial charge is 0.317 e. The van der Waals surface area contributed by atoms with Gasteiger partial charge in [0.2, 0.25) is 34.8 Å². The van der Waals surface area contributed by atoms with E-state index in [2.05, 4.69) is 25.5 Å². The molecule has 0 amide bonds. The third-order valence-corrected chi connectivity index (χ3v) is 8.79. The topological polar surface area (TPSA) is 283 Å². The number of aliphatic carboxylic acids is 2. The summed E-state index contributed by atoms with van der Waals surface area (Å²) in [5.41, 5.74) is 1.44. The van der Waals surface area contributed by atoms with Crippen molar-refractivity contribution in [2.75, 3.05) is 77.9 Å². The van der Waals surface area contributed by atoms with Gasteiger partial charge in [-0.05, 0) is 62.2 Å². The van der Waals surface area contributed by atoms with E-state index in [0.29, 0.717) is 56.8 Å². The standard InChI is InChI=1S/C30H38F5N5O7S.C9H14O7/c31-24-25(32)27(34)29(28(35)26(24)33)47-23(42)8-11-43-13-15-45-17-18-46-16-14-44-12-10-37-19-21(40-36)3-1-2-9-38-30(48)39-20-4-6-22(41)7-5-20;10-6-2-4(16-3-7(6)11)1-5(8(12)13)9(14)15/h4-7,19,41H,1-3,8-18,36H2,(H2,38,39,48);4-7,10-11H,1-3H2,(H,12,13)(H,14,15)/b37-19?,40-21-;/t;4-,6?,7?/m.1/s1. The maximum absolute atomic E-state index is 13.5. The molecule has 0 aliphatic carbocycles. The summed E-state index contributed by atoms with van der Waals surface area (Å²) in [6.45, 7) is 2.61. The van der Waals surface area contributed by atoms with Gasteiger partial charge in [-0.3, -0.25) is 19.4 Å². The first-order valence-electron chi connectivity index (χ1n) is 19.6. The van der Waals surface area contributed by atoms with E-state index in [-0.39, 0.29) is 51.6 Å². The second-order valence-corrected chi connectivity index (χ2v) is 13.8. The van der Waals surface area contributed by atoms with Crippen molar-refractivity contribution in [3.8, 4) is 11.5 Å². The highest BCUT2D eigenvalue weighted by Crippen LogP contribution is 2.29. The normalized spacial score (nSPS) is 16.3. The number of phenols is 1. The zero-order valence-electron chi connectivity index (χ0n) is 34.4. The van der Waals surface area contributed by atoms with E-state index in [4.69, 9.17) is 57.1 Å². The van der Waals surface area contributed by atoms with Gasteiger partial charge in [0.25, 0.3) is 0 Å². The monoisotopic (exact) mass is 941 g/mol. The molecule has 1 saturated heterocycles. The SMILES string of the molecule is N/N=C(\C=NCCOCCOCCOCCOCCC(=O)Oc1c(F)c(F)c(F)c(F)c1F)CCCCNC(=S)Nc1ccc(O)cc1.O=C(O)C(C[C@@H]1CC(O)C(O)CO1)C(=O)O. The number of carbonyl (C=O) groups is 3. The molecule has 1 aliphatic rings. The Balaban J connectivity index is 0.000000736. The number of benzene rings is 2. The molecule has 358 valence electrons. The van der Waals surface area contributed by atoms with E-state index in [9.17, 15) is 46.5 Å². The molecule has 3 rings (SSSR count). The molecule has 0 saturated carbocycles. The van der Waals surface area contributed by atoms with Gasteiger partial charge in [-0.25, -0.2) is 13.2 Å². The molecule has 0 aromatic heterocycles. The number of rotatable bonds is 27. The minimum atomic E-state index is -2.35. The summed E-state index contributed by atoms with van der Waals surface area (Å²) in [4.78, 5) is 37.1. The summed E-state index contributed by atoms with van der Waals surface area (Å²) in [6, 6.07) is 6.59. The number of aliphatic hydroxyl groups is 2. The lowest BCUT2D eigenvalue weighted by Crippen LogP contribution is -2.43. The number of unbranched alkanes of at least 4 members (excludes halogenated alkanes) is 1. The molecule has 25 heteroatoms. The number of nitrogens with one attached hydrogen (secondary N) is 2. The maximum atomic E-state index is 13.5. The Labute approximate surface area is 369 Å². The molecule has 2 aromatic carbocycles. The number of nitrogens with two attached hydrogens (primary N) is 1. The van der Waals surface area contributed by atoms with Crippen molar-refractivity contribution in [1.29, 1.82) is 0 Å². The Kier molecular flexibility index (Phi) is 26.5. The largest absolute Gasteiger partial charge is 0.508 e. The lowest BCUT2D eigenvalue weighted by atomic mass is 9.94. The van der Waals surface area contributed by atoms with Crippen molar-refractivity contribution in [2.24, 2.45) is 21.9 Å². The number of anilines is 1. The van der Waals surface area contributed by atoms with Gasteiger partial charge in [0, 0.05) is 24.9 Å². The first kappa shape index (κ1) is 55.0. The molecule has 1 aliphatic heterocycles. The number of aliphatic imine (C=N–C) groups is 1. The number of carbonyl (C=O) groups excluding carboxylic acids is 1. The lowest BCUT2D eigenvalue weighted by Gasteiger charge is -2.31. The second kappa shape index (κ2) is 30.8. The Bertz CT molecular complexity index is 1790. The third-order valence-electron chi connectivity index (χ3n) is 8.54. The van der Waals surface area contributed by atoms with Crippen LogP contribution in [0.15, 0.2) is 34.4 Å². The highest BCUT2D eigenvalue weighted by Gasteiger charge is 2.35. The van der Waals surface area contributed by atoms with E-state index in [1.165, 1.54) is 0 Å². The molecular formula is C39H52F5N5O14S. The van der Waals surface area contributed by atoms with Gasteiger partial charge in [0.1, 0.15) is 11.9 Å². The zero-order chi connectivity index (χ0) is 47.4. The number of hydrazone groups is 1. The number of ether oxygens (including phenoxy) is 6. The third kappa shape index (κ3) is 21.5. The molecule has 2 aromatic rings. The van der Waals surface area contributed by atoms with Gasteiger partial charge in [-0.1, -0.05) is 0 Å². The van der Waals surface area contributed by atoms with Crippen LogP contribution in [0.5, 0.6) is 11.5 Å². The Hall–Kier alpha value is -5.15. The fourth-order valence-corrected chi connectivity index (χ4v) is 5.35. The first-order chi connectivity index (χ1) is 30.5. The van der Waals surface area contributed by atoms with Crippen molar-refractivity contribution >= 4 is 52.9 Å². The van der Waals surface area contributed by atoms with Crippen molar-refractivity contribution < 1.29 is 90.3 Å². The van der Waals surface area contributed by atoms with Gasteiger partial charge < -0.3 is 70.4 Å². The molecule has 0 radical (unpaired) electrons. The minimum Gasteiger partial charge on any atom is -0.508 e. The second-order valence-electron chi connectivity index (χ2n) is 13.4. The summed E-state index contributed by atoms with van der Waals surface area (Å²) < 4.78 is 97.0. The molecule has 3 atom stereocenters. The number of esters is 1. The fourth-order valence-electron chi connectivity index (χ4n) is 5.13. The Morgan fingerprint density at radius 1 is 0.812 bits per heavy atom. The van der Waals surface area contributed by atoms with E-state index < -0.39 is 83.4 Å². The number of carboxylic acids is 2. The summed E-state index contributed by atoms with van der Waals surface area (Å²) in [7, 11) is 0. The summed E-state index contributed by atoms with van der Waals surface area (Å²) >= 11 is 5.25. The van der Waals surface area contributed by atoms with Gasteiger partial charge in [0.15, 0.2) is 11.0 Å². The molecule has 1 fully saturated rings. The van der Waals surface area contributed by atoms with Crippen LogP contribution in [-0.4, -0.2) is 151 Å². The number of aliphatic hydroxyl groups excluding tert-OH is 2. The van der Waals surface area contributed by atoms with Crippen LogP contribution in [0, 0.1) is 35.0 Å². The van der Waals surface area contributed by atoms with Gasteiger partial charge >= 0.3 is 17.9 Å². The highest BCUT2D eigenvalue weighted by molar-refractivity contribution is 7.80. The number of halogens is 5. The van der Waals surface area contributed by atoms with Crippen molar-refractivity contribution in [2.45, 2.75) is 56.8 Å². The van der Waals surface area contributed by atoms with E-state index in [1.807, 2.05) is 0 Å². The zero-order valence-corrected chi connectivity index (χ0v) is 35.2. The molecule has 9 N–H and O–H groups in total. The number of aromatic hydroxyl groups is 1. The summed E-state index contributed by atoms with van der Waals surface area (Å²) in [6.07, 6.45) is 0.639. The van der Waals surface area contributed by atoms with E-state index in [0.717, 1.165) is 18.5 Å². The van der Waals surface area contributed by atoms with Gasteiger partial charge in [0.05, 0.1) is 90.3 Å². The van der Waals surface area contributed by atoms with Crippen LogP contribution in [-0.2, 0) is 38.1 Å². The number of carboxylic acid groups (broad SMARTS) is 2. The molecular weight excluding hydrogens is 890 g/mol. The van der Waals surface area contributed by atoms with Crippen LogP contribution in [0.1, 0.15) is 38.5 Å². The molecule has 1 heterocycles. The molecule has 64 heavy (non-hydrogen) atoms. The van der Waals surface area contributed by atoms with Crippen LogP contribution in [0.2, 0.25) is 0 Å². The predicted molar refractivity (Wildman–Crippen MR) is 221 cm³/mol. The van der Waals surface area contributed by atoms with Crippen molar-refractivity contribution in [3.63, 3.8) is 0 Å². The van der Waals surface area contributed by atoms with E-state index in [1.54, 1.807) is 30.5 Å². The van der Waals surface area contributed by atoms with E-state index >= 15 is 0 Å². The molecule has 0 bridgehead atoms. The minimum absolute atomic E-state index is 0.0399. The number of hydrogen-bond donors (Lipinski definition) is 8. The first-order valence-corrected chi connectivity index (χ1v) is 20.0. The summed E-state index contributed by atoms with van der Waals surface area (Å²) in [5, 5.41) is 55.5. The fraction of sp³-hybridized carbons (Fsp3) is 0.538. The van der Waals surface area contributed by atoms with Crippen molar-refractivity contribution in [1.82, 2.24) is 5.32 Å². The average Bonchev–Trinajstić information content (AvgIpc) is 3.26. The predicted octanol–water partition coefficient (Wildman–Crippen LogP) is 2.66. The van der Waals surface area contributed by atoms with Crippen LogP contribution in [0.25, 0.3) is 0 Å². The Morgan fingerprint density at radius 3 is 1.91 bits per heavy atom. The molecule has 2 unspecified atom stereocenters. The highest BCUT2D eigenvalue weighted by atomic mass is 32.1. The molecule has 19 nitrogen and oxygen atoms in total. The average molecular weight is 942 g/mol. The lowest BCUT2D eigenvalue weighted by molar-refractivity contribution is -0.161.